The Morgan fingerprint density at radius 2 is 1.47 bits per heavy atom. The number of amides is 1. The summed E-state index contributed by atoms with van der Waals surface area (Å²) in [6, 6.07) is 19.2. The number of carbonyl (C=O) groups excluding carboxylic acids is 1. The number of rotatable bonds is 3. The van der Waals surface area contributed by atoms with E-state index in [2.05, 4.69) is 0 Å². The van der Waals surface area contributed by atoms with Crippen LogP contribution in [0.4, 0.5) is 10.5 Å². The number of para-hydroxylation sites is 1. The molecular formula is C14H12ClNO. The molecule has 3 heteroatoms. The molecule has 0 unspecified atom stereocenters. The van der Waals surface area contributed by atoms with Crippen LogP contribution in [0.15, 0.2) is 60.7 Å². The van der Waals surface area contributed by atoms with Crippen LogP contribution in [0.25, 0.3) is 0 Å². The summed E-state index contributed by atoms with van der Waals surface area (Å²) in [5, 5.41) is -0.472. The van der Waals surface area contributed by atoms with Crippen LogP contribution in [-0.4, -0.2) is 5.37 Å². The third kappa shape index (κ3) is 3.08. The summed E-state index contributed by atoms with van der Waals surface area (Å²) in [5.41, 5.74) is 1.85. The zero-order valence-corrected chi connectivity index (χ0v) is 9.97. The van der Waals surface area contributed by atoms with E-state index in [1.54, 1.807) is 0 Å². The first-order chi connectivity index (χ1) is 8.27. The van der Waals surface area contributed by atoms with Crippen LogP contribution in [0.3, 0.4) is 0 Å². The van der Waals surface area contributed by atoms with Gasteiger partial charge in [0, 0.05) is 5.69 Å². The molecule has 0 aliphatic rings. The van der Waals surface area contributed by atoms with Crippen molar-refractivity contribution < 1.29 is 4.79 Å². The minimum absolute atomic E-state index is 0.472. The molecule has 0 aliphatic carbocycles. The van der Waals surface area contributed by atoms with Crippen molar-refractivity contribution in [3.63, 3.8) is 0 Å². The third-order valence-electron chi connectivity index (χ3n) is 2.46. The first-order valence-electron chi connectivity index (χ1n) is 5.33. The Morgan fingerprint density at radius 3 is 2.00 bits per heavy atom. The summed E-state index contributed by atoms with van der Waals surface area (Å²) in [5.74, 6) is 0. The summed E-state index contributed by atoms with van der Waals surface area (Å²) in [6.45, 7) is 0.479. The fourth-order valence-electron chi connectivity index (χ4n) is 1.63. The van der Waals surface area contributed by atoms with Gasteiger partial charge in [0.2, 0.25) is 0 Å². The van der Waals surface area contributed by atoms with Gasteiger partial charge in [0.25, 0.3) is 0 Å². The summed E-state index contributed by atoms with van der Waals surface area (Å²) >= 11 is 5.62. The van der Waals surface area contributed by atoms with Gasteiger partial charge in [-0.1, -0.05) is 48.5 Å². The molecule has 2 aromatic rings. The second-order valence-electron chi connectivity index (χ2n) is 3.66. The number of halogens is 1. The van der Waals surface area contributed by atoms with Gasteiger partial charge in [-0.15, -0.1) is 0 Å². The fraction of sp³-hybridized carbons (Fsp3) is 0.0714. The smallest absolute Gasteiger partial charge is 0.295 e. The van der Waals surface area contributed by atoms with E-state index in [1.807, 2.05) is 60.7 Å². The van der Waals surface area contributed by atoms with Crippen LogP contribution in [-0.2, 0) is 6.54 Å². The Hall–Kier alpha value is -1.80. The highest BCUT2D eigenvalue weighted by atomic mass is 35.5. The predicted octanol–water partition coefficient (Wildman–Crippen LogP) is 4.05. The normalized spacial score (nSPS) is 9.94. The molecule has 0 spiro atoms. The van der Waals surface area contributed by atoms with Crippen LogP contribution in [0, 0.1) is 0 Å². The van der Waals surface area contributed by atoms with Crippen LogP contribution >= 0.6 is 11.6 Å². The first-order valence-corrected chi connectivity index (χ1v) is 5.71. The van der Waals surface area contributed by atoms with E-state index < -0.39 is 5.37 Å². The quantitative estimate of drug-likeness (QED) is 0.590. The molecule has 2 aromatic carbocycles. The SMILES string of the molecule is O=C(Cl)N(Cc1ccccc1)c1ccccc1. The molecule has 1 amide bonds. The minimum Gasteiger partial charge on any atom is -0.295 e. The molecule has 0 fully saturated rings. The van der Waals surface area contributed by atoms with E-state index in [0.29, 0.717) is 6.54 Å². The zero-order chi connectivity index (χ0) is 12.1. The second kappa shape index (κ2) is 5.51. The molecule has 0 atom stereocenters. The van der Waals surface area contributed by atoms with Crippen molar-refractivity contribution in [1.82, 2.24) is 0 Å². The molecule has 0 saturated heterocycles. The number of anilines is 1. The number of hydrogen-bond donors (Lipinski definition) is 0. The van der Waals surface area contributed by atoms with Gasteiger partial charge in [0.05, 0.1) is 6.54 Å². The highest BCUT2D eigenvalue weighted by Crippen LogP contribution is 2.18. The van der Waals surface area contributed by atoms with Gasteiger partial charge in [-0.3, -0.25) is 9.69 Å². The molecule has 0 aromatic heterocycles. The van der Waals surface area contributed by atoms with Crippen LogP contribution < -0.4 is 4.90 Å². The Kier molecular flexibility index (Phi) is 3.78. The van der Waals surface area contributed by atoms with E-state index in [1.165, 1.54) is 4.90 Å². The van der Waals surface area contributed by atoms with Crippen LogP contribution in [0.1, 0.15) is 5.56 Å². The lowest BCUT2D eigenvalue weighted by molar-refractivity contribution is 0.264. The minimum atomic E-state index is -0.472. The standard InChI is InChI=1S/C14H12ClNO/c15-14(17)16(13-9-5-2-6-10-13)11-12-7-3-1-4-8-12/h1-10H,11H2. The molecule has 2 rings (SSSR count). The van der Waals surface area contributed by atoms with E-state index in [-0.39, 0.29) is 0 Å². The topological polar surface area (TPSA) is 20.3 Å². The van der Waals surface area contributed by atoms with Crippen molar-refractivity contribution in [1.29, 1.82) is 0 Å². The summed E-state index contributed by atoms with van der Waals surface area (Å²) < 4.78 is 0. The van der Waals surface area contributed by atoms with Gasteiger partial charge >= 0.3 is 5.37 Å². The molecule has 0 bridgehead atoms. The van der Waals surface area contributed by atoms with E-state index in [9.17, 15) is 4.79 Å². The van der Waals surface area contributed by atoms with Crippen molar-refractivity contribution in [2.75, 3.05) is 4.90 Å². The number of nitrogens with zero attached hydrogens (tertiary/aromatic N) is 1. The lowest BCUT2D eigenvalue weighted by atomic mass is 10.2. The molecule has 0 saturated carbocycles. The Labute approximate surface area is 105 Å². The molecule has 2 nitrogen and oxygen atoms in total. The average Bonchev–Trinajstić information content (AvgIpc) is 2.38. The number of carbonyl (C=O) groups is 1. The third-order valence-corrected chi connectivity index (χ3v) is 2.67. The van der Waals surface area contributed by atoms with Gasteiger partial charge in [0.1, 0.15) is 0 Å². The van der Waals surface area contributed by atoms with Crippen molar-refractivity contribution in [2.24, 2.45) is 0 Å². The van der Waals surface area contributed by atoms with Crippen LogP contribution in [0.2, 0.25) is 0 Å². The maximum atomic E-state index is 11.4. The second-order valence-corrected chi connectivity index (χ2v) is 3.98. The van der Waals surface area contributed by atoms with E-state index in [0.717, 1.165) is 11.3 Å². The first kappa shape index (κ1) is 11.7. The highest BCUT2D eigenvalue weighted by Gasteiger charge is 2.12. The van der Waals surface area contributed by atoms with Crippen molar-refractivity contribution >= 4 is 22.7 Å². The van der Waals surface area contributed by atoms with Crippen molar-refractivity contribution in [3.05, 3.63) is 66.2 Å². The van der Waals surface area contributed by atoms with Gasteiger partial charge < -0.3 is 0 Å². The van der Waals surface area contributed by atoms with Gasteiger partial charge in [0.15, 0.2) is 0 Å². The maximum absolute atomic E-state index is 11.4. The maximum Gasteiger partial charge on any atom is 0.321 e. The fourth-order valence-corrected chi connectivity index (χ4v) is 1.79. The molecule has 17 heavy (non-hydrogen) atoms. The Morgan fingerprint density at radius 1 is 0.941 bits per heavy atom. The lowest BCUT2D eigenvalue weighted by Crippen LogP contribution is -2.24. The average molecular weight is 246 g/mol. The van der Waals surface area contributed by atoms with Crippen molar-refractivity contribution in [3.8, 4) is 0 Å². The largest absolute Gasteiger partial charge is 0.321 e. The van der Waals surface area contributed by atoms with E-state index in [4.69, 9.17) is 11.6 Å². The van der Waals surface area contributed by atoms with Crippen LogP contribution in [0.5, 0.6) is 0 Å². The molecule has 0 heterocycles. The Balaban J connectivity index is 2.23. The highest BCUT2D eigenvalue weighted by molar-refractivity contribution is 6.66. The predicted molar refractivity (Wildman–Crippen MR) is 70.3 cm³/mol. The summed E-state index contributed by atoms with van der Waals surface area (Å²) in [4.78, 5) is 13.0. The molecule has 0 radical (unpaired) electrons. The lowest BCUT2D eigenvalue weighted by Gasteiger charge is -2.19. The monoisotopic (exact) mass is 245 g/mol. The van der Waals surface area contributed by atoms with E-state index >= 15 is 0 Å². The van der Waals surface area contributed by atoms with Gasteiger partial charge in [-0.25, -0.2) is 0 Å². The molecular weight excluding hydrogens is 234 g/mol. The Bertz CT molecular complexity index is 484. The number of hydrogen-bond acceptors (Lipinski definition) is 1. The van der Waals surface area contributed by atoms with Gasteiger partial charge in [-0.2, -0.15) is 0 Å². The number of benzene rings is 2. The summed E-state index contributed by atoms with van der Waals surface area (Å²) in [6.07, 6.45) is 0. The zero-order valence-electron chi connectivity index (χ0n) is 9.21. The molecule has 0 aliphatic heterocycles. The summed E-state index contributed by atoms with van der Waals surface area (Å²) in [7, 11) is 0. The molecule has 0 N–H and O–H groups in total. The molecule has 86 valence electrons. The van der Waals surface area contributed by atoms with Gasteiger partial charge in [-0.05, 0) is 29.3 Å². The van der Waals surface area contributed by atoms with Crippen molar-refractivity contribution in [2.45, 2.75) is 6.54 Å².